The number of aliphatic hydroxyl groups is 25. The monoisotopic (exact) mass is 1510 g/mol. The van der Waals surface area contributed by atoms with Crippen molar-refractivity contribution in [3.8, 4) is 0 Å². The average Bonchev–Trinajstić information content (AvgIpc) is 1.42. The summed E-state index contributed by atoms with van der Waals surface area (Å²) in [5, 5.41) is 279. The molecule has 9 aliphatic heterocycles. The van der Waals surface area contributed by atoms with Crippen molar-refractivity contribution in [2.45, 2.75) is 291 Å². The van der Waals surface area contributed by atoms with Crippen LogP contribution in [0.25, 0.3) is 0 Å². The number of aliphatic hydroxyl groups excluding tert-OH is 25. The van der Waals surface area contributed by atoms with Crippen molar-refractivity contribution < 1.29 is 218 Å². The second-order valence-electron chi connectivity index (χ2n) is 26.2. The molecule has 0 aromatic rings. The van der Waals surface area contributed by atoms with Crippen LogP contribution in [0.15, 0.2) is 0 Å². The number of ether oxygens (including phenoxy) is 17. The van der Waals surface area contributed by atoms with Gasteiger partial charge in [-0.15, -0.1) is 0 Å². The summed E-state index contributed by atoms with van der Waals surface area (Å²) in [6.45, 7) is -5.26. The largest absolute Gasteiger partial charge is 0.394 e. The van der Waals surface area contributed by atoms with Gasteiger partial charge < -0.3 is 219 Å². The van der Waals surface area contributed by atoms with Gasteiger partial charge in [0.1, 0.15) is 207 Å². The summed E-state index contributed by atoms with van der Waals surface area (Å²) in [6.07, 6.45) is -85.6. The molecule has 9 fully saturated rings. The van der Waals surface area contributed by atoms with Crippen molar-refractivity contribution in [2.75, 3.05) is 52.9 Å². The van der Waals surface area contributed by atoms with Crippen LogP contribution >= 0.6 is 0 Å². The zero-order valence-electron chi connectivity index (χ0n) is 55.0. The SMILES string of the molecule is CC(=O)N[C@H]1[C@H](O[C@H]2[C@H](O[C@@H]3O[C@@H](C)[C@@H](O)[C@@H](O)[C@@H]3O)[C@@H](NC(C)=O)C(O)O[C@@H]2CO)O[C@H](CO)[C@@H](O[C@@H]2O[C@H](CO[C@H]3O[C@H](CO[C@H]4O[C@H](CO)[C@@H](O)[C@H](O)[C@@H]4O)[C@@H](O)[C@H](O[C@H]4O[C@H](CO)[C@@H](O)[C@H](O)[C@@H]4O)[C@@H]3O)[C@@H](O)[C@H](O[C@H]3O[C@H](CO)[C@@H](O)[C@H](O)[C@@H]3O)[C@@H]2O[C@@H]2O[C@H](CO)[C@H](O)[C@H]2O)[C@@H]1O. The molecule has 0 aliphatic carbocycles. The third-order valence-corrected chi connectivity index (χ3v) is 19.1. The summed E-state index contributed by atoms with van der Waals surface area (Å²) in [5.74, 6) is -1.82. The molecule has 0 spiro atoms. The molecular formula is C57H96N2O44. The first-order valence-corrected chi connectivity index (χ1v) is 32.9. The maximum Gasteiger partial charge on any atom is 0.217 e. The predicted molar refractivity (Wildman–Crippen MR) is 313 cm³/mol. The van der Waals surface area contributed by atoms with E-state index < -0.39 is 335 Å². The van der Waals surface area contributed by atoms with Gasteiger partial charge in [0.15, 0.2) is 56.6 Å². The predicted octanol–water partition coefficient (Wildman–Crippen LogP) is -18.7. The van der Waals surface area contributed by atoms with Crippen molar-refractivity contribution in [3.63, 3.8) is 0 Å². The Labute approximate surface area is 582 Å². The average molecular weight is 1510 g/mol. The van der Waals surface area contributed by atoms with Crippen LogP contribution in [0.1, 0.15) is 20.8 Å². The molecular weight excluding hydrogens is 1420 g/mol. The second kappa shape index (κ2) is 36.4. The summed E-state index contributed by atoms with van der Waals surface area (Å²) < 4.78 is 100. The van der Waals surface area contributed by atoms with Gasteiger partial charge in [-0.1, -0.05) is 0 Å². The highest BCUT2D eigenvalue weighted by Crippen LogP contribution is 2.40. The van der Waals surface area contributed by atoms with Gasteiger partial charge in [-0.2, -0.15) is 0 Å². The first kappa shape index (κ1) is 84.3. The molecule has 598 valence electrons. The lowest BCUT2D eigenvalue weighted by Gasteiger charge is -2.51. The van der Waals surface area contributed by atoms with E-state index in [2.05, 4.69) is 10.6 Å². The first-order valence-electron chi connectivity index (χ1n) is 32.9. The second-order valence-corrected chi connectivity index (χ2v) is 26.2. The third-order valence-electron chi connectivity index (χ3n) is 19.1. The fraction of sp³-hybridized carbons (Fsp3) is 0.965. The van der Waals surface area contributed by atoms with E-state index in [0.717, 1.165) is 13.8 Å². The molecule has 1 unspecified atom stereocenters. The molecule has 46 nitrogen and oxygen atoms in total. The van der Waals surface area contributed by atoms with E-state index in [-0.39, 0.29) is 0 Å². The van der Waals surface area contributed by atoms with Crippen LogP contribution in [0.4, 0.5) is 0 Å². The number of hydrogen-bond acceptors (Lipinski definition) is 44. The van der Waals surface area contributed by atoms with Gasteiger partial charge in [0.05, 0.1) is 59.0 Å². The lowest BCUT2D eigenvalue weighted by molar-refractivity contribution is -0.400. The van der Waals surface area contributed by atoms with E-state index in [0.29, 0.717) is 0 Å². The van der Waals surface area contributed by atoms with E-state index in [4.69, 9.17) is 80.5 Å². The summed E-state index contributed by atoms with van der Waals surface area (Å²) in [5.41, 5.74) is 0. The Kier molecular flexibility index (Phi) is 29.8. The maximum atomic E-state index is 13.2. The molecule has 103 heavy (non-hydrogen) atoms. The third kappa shape index (κ3) is 18.2. The minimum atomic E-state index is -2.44. The fourth-order valence-corrected chi connectivity index (χ4v) is 13.3. The number of carbonyl (C=O) groups is 2. The van der Waals surface area contributed by atoms with Crippen LogP contribution in [-0.4, -0.2) is 462 Å². The highest BCUT2D eigenvalue weighted by molar-refractivity contribution is 5.73. The first-order chi connectivity index (χ1) is 48.7. The van der Waals surface area contributed by atoms with E-state index >= 15 is 0 Å². The highest BCUT2D eigenvalue weighted by atomic mass is 16.8. The molecule has 9 aliphatic rings. The van der Waals surface area contributed by atoms with Crippen LogP contribution in [-0.2, 0) is 90.1 Å². The maximum absolute atomic E-state index is 13.2. The molecule has 46 heteroatoms. The van der Waals surface area contributed by atoms with Gasteiger partial charge in [-0.25, -0.2) is 0 Å². The molecule has 0 aromatic heterocycles. The summed E-state index contributed by atoms with van der Waals surface area (Å²) in [4.78, 5) is 25.9. The smallest absolute Gasteiger partial charge is 0.217 e. The fourth-order valence-electron chi connectivity index (χ4n) is 13.3. The zero-order chi connectivity index (χ0) is 75.6. The van der Waals surface area contributed by atoms with Crippen molar-refractivity contribution in [1.82, 2.24) is 10.6 Å². The van der Waals surface area contributed by atoms with Gasteiger partial charge in [0.2, 0.25) is 11.8 Å². The van der Waals surface area contributed by atoms with Gasteiger partial charge >= 0.3 is 0 Å². The molecule has 0 saturated carbocycles. The Balaban J connectivity index is 1.07. The van der Waals surface area contributed by atoms with Gasteiger partial charge in [-0.3, -0.25) is 9.59 Å². The quantitative estimate of drug-likeness (QED) is 0.0382. The Bertz CT molecular complexity index is 2640. The molecule has 9 heterocycles. The van der Waals surface area contributed by atoms with Gasteiger partial charge in [0, 0.05) is 13.8 Å². The summed E-state index contributed by atoms with van der Waals surface area (Å²) in [7, 11) is 0. The Morgan fingerprint density at radius 3 is 1.07 bits per heavy atom. The minimum Gasteiger partial charge on any atom is -0.394 e. The molecule has 2 amide bonds. The normalized spacial score (nSPS) is 51.5. The van der Waals surface area contributed by atoms with E-state index in [9.17, 15) is 137 Å². The van der Waals surface area contributed by atoms with Crippen molar-refractivity contribution in [2.24, 2.45) is 0 Å². The van der Waals surface area contributed by atoms with E-state index in [1.165, 1.54) is 6.92 Å². The summed E-state index contributed by atoms with van der Waals surface area (Å²) >= 11 is 0. The molecule has 0 radical (unpaired) electrons. The lowest BCUT2D eigenvalue weighted by Crippen LogP contribution is -2.71. The molecule has 9 saturated heterocycles. The molecule has 0 bridgehead atoms. The topological polar surface area (TPSA) is 721 Å². The number of carbonyl (C=O) groups excluding carboxylic acids is 2. The van der Waals surface area contributed by atoms with Crippen molar-refractivity contribution in [1.29, 1.82) is 0 Å². The molecule has 44 atom stereocenters. The molecule has 27 N–H and O–H groups in total. The van der Waals surface area contributed by atoms with E-state index in [1.807, 2.05) is 0 Å². The Morgan fingerprint density at radius 1 is 0.272 bits per heavy atom. The highest BCUT2D eigenvalue weighted by Gasteiger charge is 2.61. The number of nitrogens with one attached hydrogen (secondary N) is 2. The molecule has 9 rings (SSSR count). The van der Waals surface area contributed by atoms with Crippen LogP contribution in [0.5, 0.6) is 0 Å². The summed E-state index contributed by atoms with van der Waals surface area (Å²) in [6, 6.07) is -3.75. The Hall–Kier alpha value is -2.74. The van der Waals surface area contributed by atoms with Crippen molar-refractivity contribution in [3.05, 3.63) is 0 Å². The number of hydrogen-bond donors (Lipinski definition) is 27. The standard InChI is InChI=1S/C57H96N2O44/c1-12-25(68)33(76)39(82)53(89-12)100-45-24(59-14(3)67)49(86)90-20(9-65)44(45)99-50-23(58-13(2)66)32(75)43(19(8-64)95-50)98-57-48(103-54-37(80)29(72)18(7-63)94-54)47(102-56-41(84)36(79)28(71)17(6-62)93-56)31(74)22(97-57)11-88-52-42(85)46(101-55-40(83)35(78)27(70)16(5-61)92-55)30(73)21(96-52)10-87-51-38(81)34(77)26(69)15(4-60)91-51/h12,15-57,60-65,68-86H,4-11H2,1-3H3,(H,58,66)(H,59,67)/t12-,15+,16+,17+,18+,19+,20+,21+,22+,23+,24+,25+,26+,27+,28+,29-,30+,31+,32+,33+,34-,35-,36-,37+,38-,39-,40-,41-,42-,43+,44+,45+,46-,47-,48-,49?,50-,51-,52-,53-,54-,55+,56+,57-/m0/s1. The zero-order valence-corrected chi connectivity index (χ0v) is 55.0. The number of rotatable bonds is 26. The van der Waals surface area contributed by atoms with Crippen LogP contribution in [0.2, 0.25) is 0 Å². The van der Waals surface area contributed by atoms with Crippen LogP contribution in [0.3, 0.4) is 0 Å². The van der Waals surface area contributed by atoms with Gasteiger partial charge in [-0.05, 0) is 6.92 Å². The molecule has 0 aromatic carbocycles. The Morgan fingerprint density at radius 2 is 0.592 bits per heavy atom. The van der Waals surface area contributed by atoms with Crippen LogP contribution in [0, 0.1) is 0 Å². The minimum absolute atomic E-state index is 0.843. The number of amides is 2. The lowest BCUT2D eigenvalue weighted by atomic mass is 9.93. The van der Waals surface area contributed by atoms with Crippen LogP contribution < -0.4 is 10.6 Å². The van der Waals surface area contributed by atoms with Gasteiger partial charge in [0.25, 0.3) is 0 Å². The van der Waals surface area contributed by atoms with E-state index in [1.54, 1.807) is 0 Å². The van der Waals surface area contributed by atoms with Crippen molar-refractivity contribution >= 4 is 11.8 Å².